The number of hydrogen-bond acceptors (Lipinski definition) is 0. The van der Waals surface area contributed by atoms with Crippen LogP contribution in [0.1, 0.15) is 42.5 Å². The summed E-state index contributed by atoms with van der Waals surface area (Å²) in [4.78, 5) is 0. The molecule has 0 saturated carbocycles. The van der Waals surface area contributed by atoms with E-state index in [0.29, 0.717) is 9.13 Å². The van der Waals surface area contributed by atoms with E-state index in [-0.39, 0.29) is 0 Å². The van der Waals surface area contributed by atoms with Gasteiger partial charge < -0.3 is 9.13 Å². The molecule has 2 nitrogen and oxygen atoms in total. The lowest BCUT2D eigenvalue weighted by Crippen LogP contribution is -1.94. The molecule has 10 rings (SSSR count). The Bertz CT molecular complexity index is 4540. The van der Waals surface area contributed by atoms with Crippen molar-refractivity contribution in [3.8, 4) is 44.8 Å². The third-order valence-corrected chi connectivity index (χ3v) is 7.77. The Morgan fingerprint density at radius 1 is 0.280 bits per heavy atom. The number of aromatic nitrogens is 2. The molecule has 50 heavy (non-hydrogen) atoms. The van der Waals surface area contributed by atoms with Crippen LogP contribution >= 0.6 is 0 Å². The van der Waals surface area contributed by atoms with Gasteiger partial charge in [0.1, 0.15) is 0 Å². The fourth-order valence-corrected chi connectivity index (χ4v) is 5.60. The Hall–Kier alpha value is -6.64. The molecule has 2 heterocycles. The van der Waals surface area contributed by atoms with Crippen molar-refractivity contribution in [3.63, 3.8) is 0 Å². The highest BCUT2D eigenvalue weighted by Crippen LogP contribution is 2.38. The minimum Gasteiger partial charge on any atom is -0.309 e. The molecule has 0 atom stereocenters. The van der Waals surface area contributed by atoms with E-state index in [1.165, 1.54) is 0 Å². The van der Waals surface area contributed by atoms with Crippen molar-refractivity contribution in [2.45, 2.75) is 0 Å². The van der Waals surface area contributed by atoms with Gasteiger partial charge in [-0.15, -0.1) is 0 Å². The highest BCUT2D eigenvalue weighted by molar-refractivity contribution is 6.12. The molecule has 0 spiro atoms. The zero-order valence-corrected chi connectivity index (χ0v) is 25.0. The first-order valence-electron chi connectivity index (χ1n) is 30.2. The Kier molecular flexibility index (Phi) is 2.58. The Morgan fingerprint density at radius 2 is 0.640 bits per heavy atom. The van der Waals surface area contributed by atoms with Gasteiger partial charge in [0, 0.05) is 32.9 Å². The predicted octanol–water partition coefficient (Wildman–Crippen LogP) is 12.9. The van der Waals surface area contributed by atoms with Crippen LogP contribution in [-0.2, 0) is 0 Å². The molecule has 0 unspecified atom stereocenters. The monoisotopic (exact) mass is 667 g/mol. The smallest absolute Gasteiger partial charge is 0.0645 e. The average molecular weight is 668 g/mol. The molecule has 0 fully saturated rings. The summed E-state index contributed by atoms with van der Waals surface area (Å²) in [6, 6.07) is -28.0. The second-order valence-electron chi connectivity index (χ2n) is 10.6. The zero-order valence-electron chi connectivity index (χ0n) is 56.0. The van der Waals surface area contributed by atoms with Gasteiger partial charge in [-0.25, -0.2) is 0 Å². The second-order valence-corrected chi connectivity index (χ2v) is 10.6. The lowest BCUT2D eigenvalue weighted by Gasteiger charge is -2.11. The number of fused-ring (bicyclic) bond motifs is 6. The molecule has 2 aromatic heterocycles. The van der Waals surface area contributed by atoms with Crippen LogP contribution in [0.25, 0.3) is 88.4 Å². The molecule has 10 aromatic rings. The molecule has 0 aliphatic rings. The zero-order chi connectivity index (χ0) is 60.0. The van der Waals surface area contributed by atoms with Gasteiger partial charge in [0.05, 0.1) is 64.6 Å². The van der Waals surface area contributed by atoms with Crippen LogP contribution in [-0.4, -0.2) is 9.13 Å². The van der Waals surface area contributed by atoms with E-state index in [1.807, 2.05) is 0 Å². The first-order chi connectivity index (χ1) is 37.7. The van der Waals surface area contributed by atoms with E-state index in [1.54, 1.807) is 0 Å². The molecule has 234 valence electrons. The summed E-state index contributed by atoms with van der Waals surface area (Å²) in [5, 5.41) is -2.58. The van der Waals surface area contributed by atoms with Crippen molar-refractivity contribution < 1.29 is 42.5 Å². The van der Waals surface area contributed by atoms with Gasteiger partial charge in [0.2, 0.25) is 0 Å². The second kappa shape index (κ2) is 11.5. The van der Waals surface area contributed by atoms with Crippen molar-refractivity contribution >= 4 is 43.6 Å². The summed E-state index contributed by atoms with van der Waals surface area (Å²) in [6.07, 6.45) is 0. The van der Waals surface area contributed by atoms with E-state index < -0.39 is 276 Å². The fourth-order valence-electron chi connectivity index (χ4n) is 5.60. The van der Waals surface area contributed by atoms with Crippen molar-refractivity contribution in [2.75, 3.05) is 0 Å². The minimum absolute atomic E-state index is 0.596. The van der Waals surface area contributed by atoms with Crippen LogP contribution in [0.15, 0.2) is 193 Å². The van der Waals surface area contributed by atoms with Gasteiger partial charge in [0.15, 0.2) is 0 Å². The van der Waals surface area contributed by atoms with Crippen molar-refractivity contribution in [1.29, 1.82) is 0 Å². The molecule has 8 aromatic carbocycles. The number of hydrogen-bond donors (Lipinski definition) is 0. The normalized spacial score (nSPS) is 20.3. The van der Waals surface area contributed by atoms with E-state index in [4.69, 9.17) is 28.8 Å². The first-order valence-corrected chi connectivity index (χ1v) is 14.7. The van der Waals surface area contributed by atoms with Crippen LogP contribution in [0.3, 0.4) is 0 Å². The maximum Gasteiger partial charge on any atom is 0.0645 e. The highest BCUT2D eigenvalue weighted by atomic mass is 15.0. The summed E-state index contributed by atoms with van der Waals surface area (Å²) < 4.78 is 279. The topological polar surface area (TPSA) is 9.86 Å². The molecular formula is C48H32N2. The van der Waals surface area contributed by atoms with Crippen molar-refractivity contribution in [3.05, 3.63) is 193 Å². The van der Waals surface area contributed by atoms with Gasteiger partial charge >= 0.3 is 0 Å². The molecule has 0 amide bonds. The van der Waals surface area contributed by atoms with E-state index in [0.717, 1.165) is 6.07 Å². The van der Waals surface area contributed by atoms with E-state index in [9.17, 15) is 13.7 Å². The Morgan fingerprint density at radius 3 is 1.12 bits per heavy atom. The molecule has 0 bridgehead atoms. The van der Waals surface area contributed by atoms with Crippen LogP contribution in [0, 0.1) is 0 Å². The third kappa shape index (κ3) is 4.57. The number of nitrogens with zero attached hydrogens (tertiary/aromatic N) is 2. The van der Waals surface area contributed by atoms with Crippen LogP contribution in [0.5, 0.6) is 0 Å². The van der Waals surface area contributed by atoms with Crippen molar-refractivity contribution in [2.24, 2.45) is 0 Å². The summed E-state index contributed by atoms with van der Waals surface area (Å²) in [6.45, 7) is 0. The predicted molar refractivity (Wildman–Crippen MR) is 211 cm³/mol. The maximum atomic E-state index is 9.84. The Labute approximate surface area is 334 Å². The molecule has 0 radical (unpaired) electrons. The summed E-state index contributed by atoms with van der Waals surface area (Å²) >= 11 is 0. The standard InChI is InChI=1S/C48H32N2/c1-3-11-33(12-4-1)35-19-25-39(26-20-35)49-45-17-9-7-15-41(45)43-31-37(23-29-47(43)49)38-24-30-48-44(32-38)42-16-8-10-18-46(42)50(48)40-27-21-36(22-28-40)34-13-5-2-6-14-34/h1-32H/i1D,3D,4D,5D,6D,7D,8D,9D,10D,11D,12D,13D,14D,15D,16D,17D,18D,19D,20D,21D,22D,23D,24D,25D,26D,27D,28D,29D,30D,31D,32D. The highest BCUT2D eigenvalue weighted by Gasteiger charge is 2.16. The fraction of sp³-hybridized carbons (Fsp3) is 0. The van der Waals surface area contributed by atoms with Gasteiger partial charge in [-0.1, -0.05) is 133 Å². The Balaban J connectivity index is 1.36. The molecular weight excluding hydrogens is 605 g/mol. The molecule has 2 heteroatoms. The van der Waals surface area contributed by atoms with Gasteiger partial charge in [-0.2, -0.15) is 0 Å². The summed E-state index contributed by atoms with van der Waals surface area (Å²) in [5.41, 5.74) is -9.04. The van der Waals surface area contributed by atoms with E-state index in [2.05, 4.69) is 0 Å². The molecule has 0 N–H and O–H groups in total. The summed E-state index contributed by atoms with van der Waals surface area (Å²) in [5.74, 6) is 0. The maximum absolute atomic E-state index is 9.84. The third-order valence-electron chi connectivity index (χ3n) is 7.77. The van der Waals surface area contributed by atoms with Gasteiger partial charge in [-0.05, 0) is 93.8 Å². The van der Waals surface area contributed by atoms with Gasteiger partial charge in [-0.3, -0.25) is 0 Å². The number of benzene rings is 8. The quantitative estimate of drug-likeness (QED) is 0.173. The lowest BCUT2D eigenvalue weighted by atomic mass is 10.0. The summed E-state index contributed by atoms with van der Waals surface area (Å²) in [7, 11) is 0. The molecule has 0 aliphatic carbocycles. The van der Waals surface area contributed by atoms with Gasteiger partial charge in [0.25, 0.3) is 0 Å². The molecule has 0 aliphatic heterocycles. The SMILES string of the molecule is [2H]c1cc([2H])c([2H])c(-c2c([2H])c([2H])c(-n3c4c([2H])c([2H])c([2H])c([2H])c4c4c([2H])c(-c5c([2H])c([2H])c6c(c5[2H])c5c([2H])c([2H])c([2H])c([2H])c5n6-c5c([2H])c([2H])c(-c6c([2H])c([2H])c([2H])c([2H])c6[2H])c([2H])c5[2H])c([2H])c([2H])c43)c([2H])c2[2H])c1[2H]. The van der Waals surface area contributed by atoms with Crippen LogP contribution in [0.4, 0.5) is 0 Å². The average Bonchev–Trinajstić information content (AvgIpc) is 3.49. The largest absolute Gasteiger partial charge is 0.309 e. The van der Waals surface area contributed by atoms with Crippen LogP contribution in [0.2, 0.25) is 0 Å². The number of rotatable bonds is 5. The minimum atomic E-state index is -1.09. The number of para-hydroxylation sites is 2. The van der Waals surface area contributed by atoms with Crippen molar-refractivity contribution in [1.82, 2.24) is 9.13 Å². The first kappa shape index (κ1) is 11.2. The molecule has 0 saturated heterocycles. The van der Waals surface area contributed by atoms with E-state index >= 15 is 0 Å². The van der Waals surface area contributed by atoms with Crippen LogP contribution < -0.4 is 0 Å². The lowest BCUT2D eigenvalue weighted by molar-refractivity contribution is 1.18.